The van der Waals surface area contributed by atoms with Gasteiger partial charge in [-0.05, 0) is 48.9 Å². The fourth-order valence-electron chi connectivity index (χ4n) is 4.03. The van der Waals surface area contributed by atoms with E-state index in [1.165, 1.54) is 31.4 Å². The largest absolute Gasteiger partial charge is 0.348 e. The van der Waals surface area contributed by atoms with Crippen molar-refractivity contribution < 1.29 is 9.18 Å². The predicted molar refractivity (Wildman–Crippen MR) is 104 cm³/mol. The van der Waals surface area contributed by atoms with Crippen LogP contribution in [0.3, 0.4) is 0 Å². The van der Waals surface area contributed by atoms with Gasteiger partial charge in [0.05, 0.1) is 23.1 Å². The molecule has 1 amide bonds. The molecule has 2 aromatic rings. The summed E-state index contributed by atoms with van der Waals surface area (Å²) >= 11 is 0. The summed E-state index contributed by atoms with van der Waals surface area (Å²) in [5, 5.41) is 7.55. The van der Waals surface area contributed by atoms with Crippen LogP contribution in [0.2, 0.25) is 0 Å². The molecule has 1 atom stereocenters. The van der Waals surface area contributed by atoms with E-state index in [2.05, 4.69) is 10.4 Å². The first-order valence-corrected chi connectivity index (χ1v) is 9.86. The molecule has 1 aliphatic carbocycles. The van der Waals surface area contributed by atoms with Crippen LogP contribution in [0.1, 0.15) is 67.9 Å². The number of amides is 1. The maximum Gasteiger partial charge on any atom is 0.255 e. The van der Waals surface area contributed by atoms with Crippen LogP contribution < -0.4 is 11.1 Å². The minimum absolute atomic E-state index is 0.00742. The number of nitrogens with two attached hydrogens (primary N) is 1. The Hall–Kier alpha value is -2.21. The Morgan fingerprint density at radius 3 is 2.52 bits per heavy atom. The van der Waals surface area contributed by atoms with E-state index < -0.39 is 0 Å². The van der Waals surface area contributed by atoms with Crippen molar-refractivity contribution in [3.8, 4) is 5.69 Å². The van der Waals surface area contributed by atoms with Crippen molar-refractivity contribution in [2.24, 2.45) is 11.7 Å². The maximum atomic E-state index is 13.2. The molecule has 0 spiro atoms. The molecule has 1 unspecified atom stereocenters. The zero-order valence-electron chi connectivity index (χ0n) is 16.1. The minimum Gasteiger partial charge on any atom is -0.348 e. The fraction of sp³-hybridized carbons (Fsp3) is 0.524. The topological polar surface area (TPSA) is 72.9 Å². The number of carbonyl (C=O) groups is 1. The molecule has 0 bridgehead atoms. The second-order valence-corrected chi connectivity index (χ2v) is 7.70. The van der Waals surface area contributed by atoms with E-state index in [0.717, 1.165) is 24.2 Å². The van der Waals surface area contributed by atoms with Crippen LogP contribution in [0, 0.1) is 11.7 Å². The first-order valence-electron chi connectivity index (χ1n) is 9.86. The Morgan fingerprint density at radius 1 is 1.26 bits per heavy atom. The first-order chi connectivity index (χ1) is 13.0. The van der Waals surface area contributed by atoms with Crippen LogP contribution in [-0.4, -0.2) is 28.3 Å². The van der Waals surface area contributed by atoms with Crippen molar-refractivity contribution in [2.75, 3.05) is 6.54 Å². The Bertz CT molecular complexity index is 763. The quantitative estimate of drug-likeness (QED) is 0.811. The Kier molecular flexibility index (Phi) is 6.26. The molecular weight excluding hydrogens is 343 g/mol. The van der Waals surface area contributed by atoms with Gasteiger partial charge >= 0.3 is 0 Å². The highest BCUT2D eigenvalue weighted by atomic mass is 19.1. The molecule has 1 aromatic carbocycles. The van der Waals surface area contributed by atoms with E-state index in [-0.39, 0.29) is 23.7 Å². The summed E-state index contributed by atoms with van der Waals surface area (Å²) in [6.45, 7) is 4.49. The van der Waals surface area contributed by atoms with Gasteiger partial charge in [-0.15, -0.1) is 0 Å². The average Bonchev–Trinajstić information content (AvgIpc) is 3.13. The molecule has 1 aliphatic rings. The summed E-state index contributed by atoms with van der Waals surface area (Å²) < 4.78 is 15.0. The van der Waals surface area contributed by atoms with E-state index in [9.17, 15) is 9.18 Å². The van der Waals surface area contributed by atoms with Gasteiger partial charge in [-0.2, -0.15) is 5.10 Å². The average molecular weight is 372 g/mol. The zero-order valence-corrected chi connectivity index (χ0v) is 16.1. The summed E-state index contributed by atoms with van der Waals surface area (Å²) in [7, 11) is 0. The standard InChI is InChI=1S/C21H29FN4O/c1-14(2)20-18(13-24-26(20)17-10-8-16(22)9-11-17)21(27)25-19(12-23)15-6-4-3-5-7-15/h8-11,13-15,19H,3-7,12,23H2,1-2H3,(H,25,27). The van der Waals surface area contributed by atoms with Gasteiger partial charge in [0.15, 0.2) is 0 Å². The van der Waals surface area contributed by atoms with Gasteiger partial charge < -0.3 is 11.1 Å². The van der Waals surface area contributed by atoms with E-state index in [1.54, 1.807) is 23.0 Å². The van der Waals surface area contributed by atoms with Crippen LogP contribution in [0.25, 0.3) is 5.69 Å². The van der Waals surface area contributed by atoms with Crippen molar-refractivity contribution in [2.45, 2.75) is 57.9 Å². The second-order valence-electron chi connectivity index (χ2n) is 7.70. The maximum absolute atomic E-state index is 13.2. The molecule has 0 aliphatic heterocycles. The van der Waals surface area contributed by atoms with Crippen LogP contribution in [0.4, 0.5) is 4.39 Å². The monoisotopic (exact) mass is 372 g/mol. The molecule has 1 aromatic heterocycles. The highest BCUT2D eigenvalue weighted by Crippen LogP contribution is 2.27. The Labute approximate surface area is 160 Å². The van der Waals surface area contributed by atoms with Crippen molar-refractivity contribution >= 4 is 5.91 Å². The van der Waals surface area contributed by atoms with Gasteiger partial charge in [0.25, 0.3) is 5.91 Å². The Balaban J connectivity index is 1.84. The van der Waals surface area contributed by atoms with E-state index in [4.69, 9.17) is 5.73 Å². The van der Waals surface area contributed by atoms with Crippen LogP contribution in [-0.2, 0) is 0 Å². The van der Waals surface area contributed by atoms with Gasteiger partial charge in [-0.25, -0.2) is 9.07 Å². The summed E-state index contributed by atoms with van der Waals surface area (Å²) in [6, 6.07) is 6.12. The zero-order chi connectivity index (χ0) is 19.4. The minimum atomic E-state index is -0.298. The molecule has 5 nitrogen and oxygen atoms in total. The molecule has 1 fully saturated rings. The molecule has 0 saturated heterocycles. The number of nitrogens with zero attached hydrogens (tertiary/aromatic N) is 2. The summed E-state index contributed by atoms with van der Waals surface area (Å²) in [5.74, 6) is 0.105. The number of rotatable bonds is 6. The molecule has 3 N–H and O–H groups in total. The molecule has 6 heteroatoms. The Morgan fingerprint density at radius 2 is 1.93 bits per heavy atom. The normalized spacial score (nSPS) is 16.5. The third-order valence-electron chi connectivity index (χ3n) is 5.46. The number of nitrogens with one attached hydrogen (secondary N) is 1. The third-order valence-corrected chi connectivity index (χ3v) is 5.46. The van der Waals surface area contributed by atoms with Crippen LogP contribution in [0.5, 0.6) is 0 Å². The van der Waals surface area contributed by atoms with E-state index >= 15 is 0 Å². The number of aromatic nitrogens is 2. The van der Waals surface area contributed by atoms with E-state index in [1.807, 2.05) is 13.8 Å². The molecule has 27 heavy (non-hydrogen) atoms. The summed E-state index contributed by atoms with van der Waals surface area (Å²) in [4.78, 5) is 13.0. The highest BCUT2D eigenvalue weighted by Gasteiger charge is 2.27. The second kappa shape index (κ2) is 8.65. The number of hydrogen-bond donors (Lipinski definition) is 2. The smallest absolute Gasteiger partial charge is 0.255 e. The van der Waals surface area contributed by atoms with Gasteiger partial charge in [0.2, 0.25) is 0 Å². The fourth-order valence-corrected chi connectivity index (χ4v) is 4.03. The van der Waals surface area contributed by atoms with Gasteiger partial charge in [-0.1, -0.05) is 33.1 Å². The lowest BCUT2D eigenvalue weighted by molar-refractivity contribution is 0.0914. The van der Waals surface area contributed by atoms with Crippen LogP contribution >= 0.6 is 0 Å². The van der Waals surface area contributed by atoms with E-state index in [0.29, 0.717) is 18.0 Å². The first kappa shape index (κ1) is 19.5. The lowest BCUT2D eigenvalue weighted by Crippen LogP contribution is -2.46. The van der Waals surface area contributed by atoms with Crippen LogP contribution in [0.15, 0.2) is 30.5 Å². The number of benzene rings is 1. The van der Waals surface area contributed by atoms with Gasteiger partial charge in [0.1, 0.15) is 5.82 Å². The summed E-state index contributed by atoms with van der Waals surface area (Å²) in [5.41, 5.74) is 8.08. The summed E-state index contributed by atoms with van der Waals surface area (Å²) in [6.07, 6.45) is 7.52. The number of hydrogen-bond acceptors (Lipinski definition) is 3. The number of carbonyl (C=O) groups excluding carboxylic acids is 1. The van der Waals surface area contributed by atoms with Crippen molar-refractivity contribution in [1.82, 2.24) is 15.1 Å². The lowest BCUT2D eigenvalue weighted by atomic mass is 9.84. The molecule has 1 heterocycles. The number of halogens is 1. The molecule has 0 radical (unpaired) electrons. The van der Waals surface area contributed by atoms with Gasteiger partial charge in [-0.3, -0.25) is 4.79 Å². The molecule has 3 rings (SSSR count). The van der Waals surface area contributed by atoms with Gasteiger partial charge in [0, 0.05) is 12.6 Å². The molecular formula is C21H29FN4O. The van der Waals surface area contributed by atoms with Crippen molar-refractivity contribution in [1.29, 1.82) is 0 Å². The van der Waals surface area contributed by atoms with Crippen molar-refractivity contribution in [3.63, 3.8) is 0 Å². The SMILES string of the molecule is CC(C)c1c(C(=O)NC(CN)C2CCCCC2)cnn1-c1ccc(F)cc1. The van der Waals surface area contributed by atoms with Crippen molar-refractivity contribution in [3.05, 3.63) is 47.5 Å². The highest BCUT2D eigenvalue weighted by molar-refractivity contribution is 5.95. The molecule has 1 saturated carbocycles. The predicted octanol–water partition coefficient (Wildman–Crippen LogP) is 3.77. The lowest BCUT2D eigenvalue weighted by Gasteiger charge is -2.30. The molecule has 146 valence electrons. The third kappa shape index (κ3) is 4.38.